The van der Waals surface area contributed by atoms with Crippen molar-refractivity contribution < 1.29 is 26.7 Å². The Balaban J connectivity index is 1.55. The molecular weight excluding hydrogens is 485 g/mol. The molecule has 0 aliphatic carbocycles. The third-order valence-corrected chi connectivity index (χ3v) is 6.29. The van der Waals surface area contributed by atoms with Crippen LogP contribution in [0.1, 0.15) is 28.7 Å². The number of carbonyl (C=O) groups is 1. The van der Waals surface area contributed by atoms with Gasteiger partial charge < -0.3 is 15.1 Å². The number of hydrogen-bond donors (Lipinski definition) is 2. The minimum atomic E-state index is -4.73. The molecule has 1 aromatic carbocycles. The topological polar surface area (TPSA) is 83.2 Å². The van der Waals surface area contributed by atoms with Crippen LogP contribution in [0.5, 0.6) is 0 Å². The Morgan fingerprint density at radius 3 is 2.56 bits per heavy atom. The van der Waals surface area contributed by atoms with Crippen LogP contribution in [0.4, 0.5) is 27.6 Å². The summed E-state index contributed by atoms with van der Waals surface area (Å²) in [5.41, 5.74) is 1.53. The van der Waals surface area contributed by atoms with Crippen molar-refractivity contribution in [2.24, 2.45) is 0 Å². The van der Waals surface area contributed by atoms with Gasteiger partial charge in [-0.3, -0.25) is 14.6 Å². The zero-order valence-electron chi connectivity index (χ0n) is 19.5. The van der Waals surface area contributed by atoms with Gasteiger partial charge in [-0.25, -0.2) is 15.4 Å². The summed E-state index contributed by atoms with van der Waals surface area (Å²) in [6, 6.07) is -0.879. The van der Waals surface area contributed by atoms with Gasteiger partial charge in [-0.15, -0.1) is 0 Å². The van der Waals surface area contributed by atoms with Crippen LogP contribution in [0.25, 0.3) is 16.0 Å². The summed E-state index contributed by atoms with van der Waals surface area (Å²) in [5.74, 6) is -3.50. The molecule has 3 aromatic rings. The van der Waals surface area contributed by atoms with Gasteiger partial charge in [0.15, 0.2) is 5.54 Å². The summed E-state index contributed by atoms with van der Waals surface area (Å²) in [7, 11) is 0. The third kappa shape index (κ3) is 4.38. The van der Waals surface area contributed by atoms with Gasteiger partial charge >= 0.3 is 6.18 Å². The molecule has 2 aromatic heterocycles. The van der Waals surface area contributed by atoms with Crippen LogP contribution < -0.4 is 10.2 Å². The number of carbonyl (C=O) groups excluding carboxylic acids is 1. The first-order valence-corrected chi connectivity index (χ1v) is 10.9. The average molecular weight is 507 g/mol. The lowest BCUT2D eigenvalue weighted by molar-refractivity contribution is -0.149. The Hall–Kier alpha value is -3.95. The largest absolute Gasteiger partial charge is 0.408 e. The Kier molecular flexibility index (Phi) is 6.24. The fraction of sp³-hybridized carbons (Fsp3) is 0.391. The van der Waals surface area contributed by atoms with E-state index in [0.29, 0.717) is 13.0 Å². The van der Waals surface area contributed by atoms with Crippen molar-refractivity contribution in [1.82, 2.24) is 25.3 Å². The van der Waals surface area contributed by atoms with E-state index in [1.165, 1.54) is 4.90 Å². The highest BCUT2D eigenvalue weighted by atomic mass is 19.4. The molecule has 1 amide bonds. The number of aromatic amines is 1. The van der Waals surface area contributed by atoms with E-state index in [1.807, 2.05) is 13.8 Å². The predicted octanol–water partition coefficient (Wildman–Crippen LogP) is 3.98. The molecule has 1 fully saturated rings. The normalized spacial score (nSPS) is 15.8. The molecule has 8 nitrogen and oxygen atoms in total. The van der Waals surface area contributed by atoms with Crippen molar-refractivity contribution in [3.8, 4) is 11.1 Å². The maximum Gasteiger partial charge on any atom is 0.408 e. The summed E-state index contributed by atoms with van der Waals surface area (Å²) < 4.78 is 69.2. The maximum atomic E-state index is 14.8. The highest BCUT2D eigenvalue weighted by Crippen LogP contribution is 2.37. The predicted molar refractivity (Wildman–Crippen MR) is 120 cm³/mol. The monoisotopic (exact) mass is 507 g/mol. The number of rotatable bonds is 6. The Bertz CT molecular complexity index is 1330. The molecular formula is C23H22F5N7O. The molecule has 2 N–H and O–H groups in total. The smallest absolute Gasteiger partial charge is 0.363 e. The standard InChI is InChI=1S/C23H22F5N7O/c1-12-20(13(2)33-32-12)15-7-30-35(8-15)22(9-29-4)10-34(11-22)19-6-17(24)16(5-18(19)25)21(36)31-14(3)23(26,27)28/h5-8,14H,9-11H2,1-3H3,(H,31,36)(H,32,33)/t14-/m0/s1. The number of benzene rings is 1. The van der Waals surface area contributed by atoms with Crippen LogP contribution in [0.15, 0.2) is 24.5 Å². The molecule has 0 bridgehead atoms. The van der Waals surface area contributed by atoms with E-state index in [2.05, 4.69) is 20.1 Å². The van der Waals surface area contributed by atoms with Crippen LogP contribution in [-0.2, 0) is 5.54 Å². The molecule has 13 heteroatoms. The van der Waals surface area contributed by atoms with E-state index in [-0.39, 0.29) is 25.3 Å². The number of alkyl halides is 3. The zero-order chi connectivity index (χ0) is 26.4. The molecule has 3 heterocycles. The zero-order valence-corrected chi connectivity index (χ0v) is 19.5. The molecule has 190 valence electrons. The van der Waals surface area contributed by atoms with Crippen molar-refractivity contribution in [2.45, 2.75) is 38.5 Å². The second-order valence-corrected chi connectivity index (χ2v) is 8.90. The second kappa shape index (κ2) is 8.92. The first-order chi connectivity index (χ1) is 16.9. The molecule has 1 saturated heterocycles. The number of hydrogen-bond acceptors (Lipinski definition) is 4. The molecule has 4 rings (SSSR count). The lowest BCUT2D eigenvalue weighted by atomic mass is 9.89. The number of nitrogens with zero attached hydrogens (tertiary/aromatic N) is 5. The number of anilines is 1. The van der Waals surface area contributed by atoms with E-state index < -0.39 is 40.9 Å². The lowest BCUT2D eigenvalue weighted by Gasteiger charge is -2.48. The number of halogens is 5. The van der Waals surface area contributed by atoms with Crippen molar-refractivity contribution in [1.29, 1.82) is 0 Å². The Labute approximate surface area is 202 Å². The summed E-state index contributed by atoms with van der Waals surface area (Å²) in [5, 5.41) is 13.1. The fourth-order valence-corrected chi connectivity index (χ4v) is 4.30. The van der Waals surface area contributed by atoms with E-state index in [0.717, 1.165) is 28.6 Å². The maximum absolute atomic E-state index is 14.8. The summed E-state index contributed by atoms with van der Waals surface area (Å²) >= 11 is 0. The van der Waals surface area contributed by atoms with Gasteiger partial charge in [0, 0.05) is 29.1 Å². The Morgan fingerprint density at radius 1 is 1.28 bits per heavy atom. The van der Waals surface area contributed by atoms with Crippen LogP contribution in [-0.4, -0.2) is 57.7 Å². The van der Waals surface area contributed by atoms with E-state index in [1.54, 1.807) is 22.4 Å². The fourth-order valence-electron chi connectivity index (χ4n) is 4.30. The van der Waals surface area contributed by atoms with Crippen LogP contribution >= 0.6 is 0 Å². The molecule has 36 heavy (non-hydrogen) atoms. The molecule has 0 unspecified atom stereocenters. The van der Waals surface area contributed by atoms with Crippen LogP contribution in [0.3, 0.4) is 0 Å². The van der Waals surface area contributed by atoms with Gasteiger partial charge in [0.25, 0.3) is 5.91 Å². The molecule has 0 saturated carbocycles. The SMILES string of the molecule is [C-]#[N+]CC1(n2cc(-c3c(C)n[nH]c3C)cn2)CN(c2cc(F)c(C(=O)N[C@@H](C)C(F)(F)F)cc2F)C1. The highest BCUT2D eigenvalue weighted by Gasteiger charge is 2.49. The molecule has 1 aliphatic rings. The minimum Gasteiger partial charge on any atom is -0.363 e. The van der Waals surface area contributed by atoms with Gasteiger partial charge in [0.1, 0.15) is 17.7 Å². The van der Waals surface area contributed by atoms with Crippen LogP contribution in [0, 0.1) is 32.1 Å². The molecule has 0 spiro atoms. The van der Waals surface area contributed by atoms with E-state index in [4.69, 9.17) is 6.57 Å². The number of aryl methyl sites for hydroxylation is 2. The van der Waals surface area contributed by atoms with Gasteiger partial charge in [0.2, 0.25) is 6.54 Å². The molecule has 0 radical (unpaired) electrons. The quantitative estimate of drug-likeness (QED) is 0.391. The van der Waals surface area contributed by atoms with Crippen molar-refractivity contribution in [2.75, 3.05) is 24.5 Å². The third-order valence-electron chi connectivity index (χ3n) is 6.29. The number of H-pyrrole nitrogens is 1. The molecule has 1 atom stereocenters. The number of nitrogens with one attached hydrogen (secondary N) is 2. The second-order valence-electron chi connectivity index (χ2n) is 8.90. The summed E-state index contributed by atoms with van der Waals surface area (Å²) in [6.07, 6.45) is -1.30. The first-order valence-electron chi connectivity index (χ1n) is 10.9. The Morgan fingerprint density at radius 2 is 1.97 bits per heavy atom. The van der Waals surface area contributed by atoms with E-state index in [9.17, 15) is 26.7 Å². The number of amides is 1. The van der Waals surface area contributed by atoms with Crippen molar-refractivity contribution in [3.63, 3.8) is 0 Å². The summed E-state index contributed by atoms with van der Waals surface area (Å²) in [6.45, 7) is 12.1. The average Bonchev–Trinajstić information content (AvgIpc) is 3.37. The van der Waals surface area contributed by atoms with E-state index >= 15 is 0 Å². The number of aromatic nitrogens is 4. The van der Waals surface area contributed by atoms with Crippen LogP contribution in [0.2, 0.25) is 0 Å². The lowest BCUT2D eigenvalue weighted by Crippen LogP contribution is -2.65. The van der Waals surface area contributed by atoms with Gasteiger partial charge in [-0.1, -0.05) is 0 Å². The van der Waals surface area contributed by atoms with Crippen molar-refractivity contribution in [3.05, 3.63) is 64.5 Å². The van der Waals surface area contributed by atoms with Crippen molar-refractivity contribution >= 4 is 11.6 Å². The van der Waals surface area contributed by atoms with Gasteiger partial charge in [-0.05, 0) is 26.8 Å². The first kappa shape index (κ1) is 25.2. The minimum absolute atomic E-state index is 0.0356. The van der Waals surface area contributed by atoms with Gasteiger partial charge in [0.05, 0.1) is 36.2 Å². The molecule has 1 aliphatic heterocycles. The van der Waals surface area contributed by atoms with Gasteiger partial charge in [-0.2, -0.15) is 23.4 Å². The summed E-state index contributed by atoms with van der Waals surface area (Å²) in [4.78, 5) is 17.1. The highest BCUT2D eigenvalue weighted by molar-refractivity contribution is 5.95.